The molecule has 0 radical (unpaired) electrons. The molecule has 60 valence electrons. The third-order valence-electron chi connectivity index (χ3n) is 1.88. The summed E-state index contributed by atoms with van der Waals surface area (Å²) in [5.74, 6) is 0. The number of allylic oxidation sites excluding steroid dienone is 1. The largest absolute Gasteiger partial charge is 0.285 e. The van der Waals surface area contributed by atoms with E-state index in [-0.39, 0.29) is 0 Å². The second kappa shape index (κ2) is 2.89. The normalized spacial score (nSPS) is 15.8. The van der Waals surface area contributed by atoms with Gasteiger partial charge in [0.25, 0.3) is 0 Å². The van der Waals surface area contributed by atoms with Crippen molar-refractivity contribution in [2.75, 3.05) is 6.54 Å². The maximum atomic E-state index is 4.28. The lowest BCUT2D eigenvalue weighted by Crippen LogP contribution is -1.88. The van der Waals surface area contributed by atoms with E-state index >= 15 is 0 Å². The average molecular weight is 158 g/mol. The molecule has 2 rings (SSSR count). The third kappa shape index (κ3) is 1.28. The SMILES string of the molecule is CC1=NCC(c2ccccn2)=C1. The first-order chi connectivity index (χ1) is 5.86. The summed E-state index contributed by atoms with van der Waals surface area (Å²) in [6.45, 7) is 2.79. The van der Waals surface area contributed by atoms with E-state index in [9.17, 15) is 0 Å². The Hall–Kier alpha value is -1.44. The van der Waals surface area contributed by atoms with E-state index in [1.54, 1.807) is 0 Å². The molecule has 0 N–H and O–H groups in total. The quantitative estimate of drug-likeness (QED) is 0.613. The van der Waals surface area contributed by atoms with Crippen LogP contribution in [0.2, 0.25) is 0 Å². The summed E-state index contributed by atoms with van der Waals surface area (Å²) < 4.78 is 0. The van der Waals surface area contributed by atoms with Crippen LogP contribution in [-0.2, 0) is 0 Å². The van der Waals surface area contributed by atoms with Gasteiger partial charge in [-0.15, -0.1) is 0 Å². The van der Waals surface area contributed by atoms with Crippen molar-refractivity contribution in [2.45, 2.75) is 6.92 Å². The fraction of sp³-hybridized carbons (Fsp3) is 0.200. The van der Waals surface area contributed by atoms with Gasteiger partial charge in [-0.3, -0.25) is 9.98 Å². The van der Waals surface area contributed by atoms with Crippen molar-refractivity contribution in [3.05, 3.63) is 36.2 Å². The maximum Gasteiger partial charge on any atom is 0.0680 e. The summed E-state index contributed by atoms with van der Waals surface area (Å²) >= 11 is 0. The fourth-order valence-electron chi connectivity index (χ4n) is 1.26. The first-order valence-electron chi connectivity index (χ1n) is 3.99. The molecule has 0 saturated heterocycles. The minimum Gasteiger partial charge on any atom is -0.285 e. The molecule has 0 amide bonds. The van der Waals surface area contributed by atoms with Crippen molar-refractivity contribution >= 4 is 11.3 Å². The van der Waals surface area contributed by atoms with Gasteiger partial charge in [0, 0.05) is 17.5 Å². The zero-order valence-corrected chi connectivity index (χ0v) is 6.99. The van der Waals surface area contributed by atoms with E-state index in [0.717, 1.165) is 18.0 Å². The molecule has 0 unspecified atom stereocenters. The second-order valence-electron chi connectivity index (χ2n) is 2.84. The summed E-state index contributed by atoms with van der Waals surface area (Å²) in [5.41, 5.74) is 3.35. The molecular formula is C10H10N2. The number of nitrogens with zero attached hydrogens (tertiary/aromatic N) is 2. The number of pyridine rings is 1. The standard InChI is InChI=1S/C10H10N2/c1-8-6-9(7-12-8)10-4-2-3-5-11-10/h2-6H,7H2,1H3. The van der Waals surface area contributed by atoms with Crippen molar-refractivity contribution in [1.29, 1.82) is 0 Å². The first-order valence-corrected chi connectivity index (χ1v) is 3.99. The number of hydrogen-bond acceptors (Lipinski definition) is 2. The van der Waals surface area contributed by atoms with E-state index in [2.05, 4.69) is 16.1 Å². The minimum atomic E-state index is 0.781. The lowest BCUT2D eigenvalue weighted by Gasteiger charge is -1.97. The Labute approximate surface area is 71.7 Å². The Morgan fingerprint density at radius 1 is 1.33 bits per heavy atom. The fourth-order valence-corrected chi connectivity index (χ4v) is 1.26. The van der Waals surface area contributed by atoms with Crippen LogP contribution >= 0.6 is 0 Å². The van der Waals surface area contributed by atoms with Crippen LogP contribution in [0.1, 0.15) is 12.6 Å². The highest BCUT2D eigenvalue weighted by Crippen LogP contribution is 2.15. The molecule has 1 aromatic heterocycles. The van der Waals surface area contributed by atoms with Gasteiger partial charge in [-0.25, -0.2) is 0 Å². The number of aromatic nitrogens is 1. The molecule has 0 bridgehead atoms. The van der Waals surface area contributed by atoms with Gasteiger partial charge in [0.15, 0.2) is 0 Å². The molecule has 1 aliphatic heterocycles. The Morgan fingerprint density at radius 3 is 2.83 bits per heavy atom. The van der Waals surface area contributed by atoms with Crippen LogP contribution in [0.4, 0.5) is 0 Å². The van der Waals surface area contributed by atoms with Gasteiger partial charge in [0.2, 0.25) is 0 Å². The highest BCUT2D eigenvalue weighted by molar-refractivity contribution is 6.02. The van der Waals surface area contributed by atoms with Crippen LogP contribution < -0.4 is 0 Å². The average Bonchev–Trinajstić information content (AvgIpc) is 2.54. The monoisotopic (exact) mass is 158 g/mol. The van der Waals surface area contributed by atoms with Gasteiger partial charge < -0.3 is 0 Å². The van der Waals surface area contributed by atoms with Crippen molar-refractivity contribution in [3.8, 4) is 0 Å². The van der Waals surface area contributed by atoms with Crippen LogP contribution in [-0.4, -0.2) is 17.2 Å². The molecule has 0 atom stereocenters. The molecule has 0 spiro atoms. The molecule has 0 aromatic carbocycles. The Kier molecular flexibility index (Phi) is 1.74. The summed E-state index contributed by atoms with van der Waals surface area (Å²) in [7, 11) is 0. The molecule has 0 fully saturated rings. The number of rotatable bonds is 1. The van der Waals surface area contributed by atoms with E-state index in [1.165, 1.54) is 5.57 Å². The molecule has 2 heteroatoms. The van der Waals surface area contributed by atoms with Crippen LogP contribution in [0.3, 0.4) is 0 Å². The van der Waals surface area contributed by atoms with Crippen LogP contribution in [0, 0.1) is 0 Å². The van der Waals surface area contributed by atoms with Gasteiger partial charge in [0.1, 0.15) is 0 Å². The third-order valence-corrected chi connectivity index (χ3v) is 1.88. The van der Waals surface area contributed by atoms with Crippen LogP contribution in [0.15, 0.2) is 35.5 Å². The van der Waals surface area contributed by atoms with Gasteiger partial charge in [0.05, 0.1) is 12.2 Å². The van der Waals surface area contributed by atoms with Gasteiger partial charge in [-0.1, -0.05) is 6.07 Å². The zero-order chi connectivity index (χ0) is 8.39. The number of hydrogen-bond donors (Lipinski definition) is 0. The zero-order valence-electron chi connectivity index (χ0n) is 6.99. The molecule has 2 heterocycles. The van der Waals surface area contributed by atoms with E-state index in [0.29, 0.717) is 0 Å². The Morgan fingerprint density at radius 2 is 2.25 bits per heavy atom. The predicted molar refractivity (Wildman–Crippen MR) is 50.2 cm³/mol. The van der Waals surface area contributed by atoms with E-state index in [4.69, 9.17) is 0 Å². The van der Waals surface area contributed by atoms with Gasteiger partial charge in [-0.2, -0.15) is 0 Å². The van der Waals surface area contributed by atoms with Crippen molar-refractivity contribution < 1.29 is 0 Å². The molecule has 0 saturated carbocycles. The maximum absolute atomic E-state index is 4.28. The summed E-state index contributed by atoms with van der Waals surface area (Å²) in [5, 5.41) is 0. The highest BCUT2D eigenvalue weighted by Gasteiger charge is 2.06. The van der Waals surface area contributed by atoms with Gasteiger partial charge >= 0.3 is 0 Å². The molecule has 1 aromatic rings. The Balaban J connectivity index is 2.30. The molecule has 0 aliphatic carbocycles. The highest BCUT2D eigenvalue weighted by atomic mass is 14.8. The molecule has 12 heavy (non-hydrogen) atoms. The van der Waals surface area contributed by atoms with Crippen LogP contribution in [0.25, 0.3) is 5.57 Å². The first kappa shape index (κ1) is 7.22. The smallest absolute Gasteiger partial charge is 0.0680 e. The topological polar surface area (TPSA) is 25.2 Å². The summed E-state index contributed by atoms with van der Waals surface area (Å²) in [6.07, 6.45) is 3.89. The second-order valence-corrected chi connectivity index (χ2v) is 2.84. The lowest BCUT2D eigenvalue weighted by molar-refractivity contribution is 1.21. The van der Waals surface area contributed by atoms with Crippen molar-refractivity contribution in [3.63, 3.8) is 0 Å². The number of aliphatic imine (C=N–C) groups is 1. The summed E-state index contributed by atoms with van der Waals surface area (Å²) in [4.78, 5) is 8.53. The van der Waals surface area contributed by atoms with Gasteiger partial charge in [-0.05, 0) is 25.1 Å². The van der Waals surface area contributed by atoms with Crippen molar-refractivity contribution in [1.82, 2.24) is 4.98 Å². The van der Waals surface area contributed by atoms with E-state index < -0.39 is 0 Å². The minimum absolute atomic E-state index is 0.781. The van der Waals surface area contributed by atoms with E-state index in [1.807, 2.05) is 31.3 Å². The molecule has 1 aliphatic rings. The summed E-state index contributed by atoms with van der Waals surface area (Å²) in [6, 6.07) is 5.93. The molecule has 2 nitrogen and oxygen atoms in total. The lowest BCUT2D eigenvalue weighted by atomic mass is 10.1. The van der Waals surface area contributed by atoms with Crippen LogP contribution in [0.5, 0.6) is 0 Å². The molecular weight excluding hydrogens is 148 g/mol. The van der Waals surface area contributed by atoms with Crippen molar-refractivity contribution in [2.24, 2.45) is 4.99 Å². The predicted octanol–water partition coefficient (Wildman–Crippen LogP) is 1.94. The Bertz CT molecular complexity index is 336.